The molecule has 5 aliphatic heterocycles. The number of nitrogens with zero attached hydrogens (tertiary/aromatic N) is 3. The van der Waals surface area contributed by atoms with Crippen molar-refractivity contribution in [2.45, 2.75) is 97.3 Å². The van der Waals surface area contributed by atoms with Crippen LogP contribution in [0.3, 0.4) is 0 Å². The standard InChI is InChI=1S/C50H57F3N4O7S/c1-7-47-15-8-17-57-18-16-48(41(47)57)35-21-36(39(62-4)22-38(35)55(3)42(48)50(61,43(47)58)45(60)64-6)49(44(59)63-5)23-29-19-30(46(2,52)53)25-56(24-29)26-34-33-20-32(13-14-37(33)54-40(34)49)65-27-28-9-11-31(51)12-10-28/h8-15,20-22,29-30,41-43,54,58,61H,7,16-19,23-27H2,1-6H3/t29?,30?,41?,42?,43-,47-,48-,49+,50+/m1/s1. The number of nitrogens with one attached hydrogen (secondary N) is 1. The summed E-state index contributed by atoms with van der Waals surface area (Å²) in [5, 5.41) is 26.3. The van der Waals surface area contributed by atoms with Crippen LogP contribution in [0.2, 0.25) is 0 Å². The number of carbonyl (C=O) groups excluding carboxylic acids is 2. The van der Waals surface area contributed by atoms with E-state index in [0.29, 0.717) is 60.9 Å². The molecular formula is C50H57F3N4O7S. The normalized spacial score (nSPS) is 33.7. The minimum Gasteiger partial charge on any atom is -0.496 e. The molecule has 10 rings (SSSR count). The zero-order chi connectivity index (χ0) is 46.0. The number of anilines is 1. The van der Waals surface area contributed by atoms with E-state index in [4.69, 9.17) is 14.2 Å². The highest BCUT2D eigenvalue weighted by molar-refractivity contribution is 7.98. The van der Waals surface area contributed by atoms with E-state index < -0.39 is 57.8 Å². The Labute approximate surface area is 381 Å². The first kappa shape index (κ1) is 44.3. The molecule has 10 atom stereocenters. The molecule has 3 fully saturated rings. The minimum absolute atomic E-state index is 0.123. The molecule has 1 spiro atoms. The van der Waals surface area contributed by atoms with Gasteiger partial charge in [-0.25, -0.2) is 18.0 Å². The van der Waals surface area contributed by atoms with Crippen molar-refractivity contribution in [1.29, 1.82) is 0 Å². The first-order chi connectivity index (χ1) is 31.0. The highest BCUT2D eigenvalue weighted by Gasteiger charge is 2.79. The summed E-state index contributed by atoms with van der Waals surface area (Å²) in [4.78, 5) is 40.5. The van der Waals surface area contributed by atoms with Crippen molar-refractivity contribution in [2.24, 2.45) is 17.3 Å². The monoisotopic (exact) mass is 914 g/mol. The number of H-pyrrole nitrogens is 1. The van der Waals surface area contributed by atoms with E-state index in [1.54, 1.807) is 23.9 Å². The second kappa shape index (κ2) is 15.5. The third-order valence-electron chi connectivity index (χ3n) is 16.4. The van der Waals surface area contributed by atoms with Gasteiger partial charge in [0, 0.05) is 101 Å². The number of aromatic amines is 1. The number of carbonyl (C=O) groups is 2. The number of benzene rings is 3. The van der Waals surface area contributed by atoms with Gasteiger partial charge in [-0.15, -0.1) is 11.8 Å². The number of aliphatic hydroxyl groups is 2. The Balaban J connectivity index is 1.22. The number of hydrogen-bond acceptors (Lipinski definition) is 11. The lowest BCUT2D eigenvalue weighted by Gasteiger charge is -2.63. The molecular weight excluding hydrogens is 858 g/mol. The van der Waals surface area contributed by atoms with Crippen molar-refractivity contribution in [3.63, 3.8) is 0 Å². The van der Waals surface area contributed by atoms with Crippen LogP contribution >= 0.6 is 11.8 Å². The Morgan fingerprint density at radius 2 is 1.75 bits per heavy atom. The number of likely N-dealkylation sites (N-methyl/N-ethyl adjacent to an activating group) is 1. The van der Waals surface area contributed by atoms with Crippen LogP contribution < -0.4 is 9.64 Å². The Morgan fingerprint density at radius 3 is 2.45 bits per heavy atom. The lowest BCUT2D eigenvalue weighted by atomic mass is 9.47. The van der Waals surface area contributed by atoms with E-state index in [1.807, 2.05) is 55.3 Å². The Hall–Kier alpha value is -4.54. The fraction of sp³-hybridized carbons (Fsp3) is 0.520. The number of aliphatic hydroxyl groups excluding tert-OH is 1. The van der Waals surface area contributed by atoms with Gasteiger partial charge in [0.15, 0.2) is 0 Å². The maximum Gasteiger partial charge on any atom is 0.342 e. The number of halogens is 3. The lowest BCUT2D eigenvalue weighted by Crippen LogP contribution is -2.80. The predicted molar refractivity (Wildman–Crippen MR) is 241 cm³/mol. The van der Waals surface area contributed by atoms with Crippen LogP contribution in [0.5, 0.6) is 5.75 Å². The highest BCUT2D eigenvalue weighted by Crippen LogP contribution is 2.68. The summed E-state index contributed by atoms with van der Waals surface area (Å²) in [7, 11) is 5.92. The summed E-state index contributed by atoms with van der Waals surface area (Å²) < 4.78 is 62.4. The molecule has 6 heterocycles. The molecule has 5 unspecified atom stereocenters. The van der Waals surface area contributed by atoms with Gasteiger partial charge in [-0.05, 0) is 98.2 Å². The third kappa shape index (κ3) is 6.16. The molecule has 2 bridgehead atoms. The maximum atomic E-state index is 15.5. The van der Waals surface area contributed by atoms with Gasteiger partial charge in [-0.1, -0.05) is 31.2 Å². The first-order valence-electron chi connectivity index (χ1n) is 22.6. The van der Waals surface area contributed by atoms with Crippen LogP contribution in [-0.2, 0) is 42.2 Å². The molecule has 0 radical (unpaired) electrons. The van der Waals surface area contributed by atoms with Gasteiger partial charge in [0.25, 0.3) is 0 Å². The summed E-state index contributed by atoms with van der Waals surface area (Å²) in [5.41, 5.74) is -0.945. The fourth-order valence-corrected chi connectivity index (χ4v) is 14.7. The summed E-state index contributed by atoms with van der Waals surface area (Å²) in [6.45, 7) is 5.13. The largest absolute Gasteiger partial charge is 0.496 e. The number of thioether (sulfide) groups is 1. The van der Waals surface area contributed by atoms with Crippen LogP contribution in [0.25, 0.3) is 10.9 Å². The molecule has 1 aliphatic carbocycles. The number of aromatic nitrogens is 1. The summed E-state index contributed by atoms with van der Waals surface area (Å²) in [6, 6.07) is 15.0. The van der Waals surface area contributed by atoms with E-state index in [1.165, 1.54) is 33.5 Å². The Kier molecular flexibility index (Phi) is 10.6. The number of fused-ring (bicyclic) bond motifs is 6. The topological polar surface area (TPSA) is 128 Å². The molecule has 65 heavy (non-hydrogen) atoms. The Morgan fingerprint density at radius 1 is 1.00 bits per heavy atom. The van der Waals surface area contributed by atoms with Crippen LogP contribution in [0.4, 0.5) is 18.9 Å². The van der Waals surface area contributed by atoms with Crippen molar-refractivity contribution in [3.8, 4) is 5.75 Å². The molecule has 3 N–H and O–H groups in total. The average molecular weight is 915 g/mol. The van der Waals surface area contributed by atoms with E-state index in [2.05, 4.69) is 20.9 Å². The summed E-state index contributed by atoms with van der Waals surface area (Å²) in [5.74, 6) is -5.17. The first-order valence-corrected chi connectivity index (χ1v) is 23.6. The van der Waals surface area contributed by atoms with Crippen molar-refractivity contribution in [2.75, 3.05) is 59.5 Å². The van der Waals surface area contributed by atoms with Crippen molar-refractivity contribution < 1.29 is 47.2 Å². The van der Waals surface area contributed by atoms with Crippen LogP contribution in [0.1, 0.15) is 67.5 Å². The second-order valence-corrected chi connectivity index (χ2v) is 20.6. The van der Waals surface area contributed by atoms with Crippen LogP contribution in [-0.4, -0.2) is 121 Å². The molecule has 0 amide bonds. The van der Waals surface area contributed by atoms with Gasteiger partial charge in [0.05, 0.1) is 27.4 Å². The molecule has 346 valence electrons. The van der Waals surface area contributed by atoms with Crippen LogP contribution in [0, 0.1) is 23.1 Å². The third-order valence-corrected chi connectivity index (χ3v) is 17.5. The van der Waals surface area contributed by atoms with Gasteiger partial charge < -0.3 is 34.3 Å². The van der Waals surface area contributed by atoms with Gasteiger partial charge in [-0.3, -0.25) is 14.6 Å². The van der Waals surface area contributed by atoms with Gasteiger partial charge in [-0.2, -0.15) is 0 Å². The van der Waals surface area contributed by atoms with Crippen LogP contribution in [0.15, 0.2) is 71.6 Å². The lowest BCUT2D eigenvalue weighted by molar-refractivity contribution is -0.218. The Bertz CT molecular complexity index is 2600. The zero-order valence-electron chi connectivity index (χ0n) is 37.6. The smallest absolute Gasteiger partial charge is 0.342 e. The molecule has 3 aromatic carbocycles. The van der Waals surface area contributed by atoms with Crippen molar-refractivity contribution in [3.05, 3.63) is 101 Å². The van der Waals surface area contributed by atoms with Crippen molar-refractivity contribution in [1.82, 2.24) is 14.8 Å². The molecule has 2 saturated heterocycles. The number of methoxy groups -OCH3 is 3. The zero-order valence-corrected chi connectivity index (χ0v) is 38.4. The molecule has 15 heteroatoms. The number of esters is 2. The maximum absolute atomic E-state index is 15.5. The molecule has 4 aromatic rings. The van der Waals surface area contributed by atoms with Gasteiger partial charge in [0.2, 0.25) is 11.5 Å². The quantitative estimate of drug-likeness (QED) is 0.0919. The fourth-order valence-electron chi connectivity index (χ4n) is 13.8. The molecule has 1 aromatic heterocycles. The van der Waals surface area contributed by atoms with Gasteiger partial charge in [0.1, 0.15) is 23.1 Å². The molecule has 6 aliphatic rings. The van der Waals surface area contributed by atoms with Gasteiger partial charge >= 0.3 is 11.9 Å². The van der Waals surface area contributed by atoms with E-state index in [9.17, 15) is 19.4 Å². The molecule has 1 saturated carbocycles. The summed E-state index contributed by atoms with van der Waals surface area (Å²) in [6.07, 6.45) is 3.70. The summed E-state index contributed by atoms with van der Waals surface area (Å²) >= 11 is 1.59. The number of hydrogen-bond donors (Lipinski definition) is 3. The minimum atomic E-state index is -2.97. The van der Waals surface area contributed by atoms with E-state index in [-0.39, 0.29) is 43.7 Å². The van der Waals surface area contributed by atoms with E-state index >= 15 is 13.6 Å². The van der Waals surface area contributed by atoms with E-state index in [0.717, 1.165) is 39.4 Å². The SMILES string of the molecule is CC[C@]12C=CCN3CC[C@@]4(c5cc([C@@]6(C(=O)OC)CC7CC(C(C)(F)F)CN(Cc8c6[nH]c6ccc(SCc9ccc(F)cc9)cc86)C7)c(OC)cc5N(C)C4[C@@](O)(C(=O)OC)[C@@H]1O)C32. The number of rotatable bonds is 9. The second-order valence-electron chi connectivity index (χ2n) is 19.5. The number of piperidine rings is 1. The average Bonchev–Trinajstić information content (AvgIpc) is 3.94. The number of alkyl halides is 2. The highest BCUT2D eigenvalue weighted by atomic mass is 32.2. The predicted octanol–water partition coefficient (Wildman–Crippen LogP) is 6.94. The van der Waals surface area contributed by atoms with Crippen molar-refractivity contribution >= 4 is 40.3 Å². The number of ether oxygens (including phenoxy) is 3. The molecule has 11 nitrogen and oxygen atoms in total.